The van der Waals surface area contributed by atoms with Crippen molar-refractivity contribution in [2.24, 2.45) is 5.41 Å². The Kier molecular flexibility index (Phi) is 8.20. The number of nitrogens with zero attached hydrogens (tertiary/aromatic N) is 5. The number of benzene rings is 3. The molecule has 4 aromatic rings. The van der Waals surface area contributed by atoms with Crippen LogP contribution in [0.1, 0.15) is 81.8 Å². The molecule has 9 rings (SSSR count). The summed E-state index contributed by atoms with van der Waals surface area (Å²) in [6, 6.07) is 19.3. The number of amides is 4. The molecule has 0 bridgehead atoms. The number of piperidine rings is 1. The molecule has 1 aromatic heterocycles. The van der Waals surface area contributed by atoms with E-state index in [2.05, 4.69) is 74.5 Å². The second-order valence-corrected chi connectivity index (χ2v) is 16.0. The molecule has 12 nitrogen and oxygen atoms in total. The fraction of sp³-hybridized carbons (Fsp3) is 0.395. The minimum atomic E-state index is -0.991. The minimum Gasteiger partial charge on any atom is -0.374 e. The van der Waals surface area contributed by atoms with E-state index in [0.717, 1.165) is 87.9 Å². The lowest BCUT2D eigenvalue weighted by Gasteiger charge is -2.41. The Hall–Kier alpha value is -5.80. The van der Waals surface area contributed by atoms with Gasteiger partial charge in [0.25, 0.3) is 17.4 Å². The highest BCUT2D eigenvalue weighted by Gasteiger charge is 2.52. The van der Waals surface area contributed by atoms with Crippen LogP contribution in [0.5, 0.6) is 0 Å². The number of rotatable bonds is 11. The predicted molar refractivity (Wildman–Crippen MR) is 204 cm³/mol. The Morgan fingerprint density at radius 3 is 2.35 bits per heavy atom. The maximum atomic E-state index is 13.4. The Labute approximate surface area is 319 Å². The van der Waals surface area contributed by atoms with E-state index in [1.165, 1.54) is 0 Å². The smallest absolute Gasteiger partial charge is 0.262 e. The highest BCUT2D eigenvalue weighted by Crippen LogP contribution is 2.52. The summed E-state index contributed by atoms with van der Waals surface area (Å²) in [4.78, 5) is 60.1. The number of anilines is 3. The zero-order chi connectivity index (χ0) is 38.2. The third kappa shape index (κ3) is 6.07. The quantitative estimate of drug-likeness (QED) is 0.137. The molecule has 4 amide bonds. The van der Waals surface area contributed by atoms with Crippen LogP contribution in [0.25, 0.3) is 16.0 Å². The van der Waals surface area contributed by atoms with Crippen molar-refractivity contribution >= 4 is 40.7 Å². The highest BCUT2D eigenvalue weighted by atomic mass is 16.5. The van der Waals surface area contributed by atoms with Crippen molar-refractivity contribution < 1.29 is 28.4 Å². The van der Waals surface area contributed by atoms with Gasteiger partial charge in [0.1, 0.15) is 11.8 Å². The molecule has 3 aromatic carbocycles. The van der Waals surface area contributed by atoms with Crippen molar-refractivity contribution in [3.8, 4) is 11.1 Å². The molecule has 4 fully saturated rings. The van der Waals surface area contributed by atoms with Crippen molar-refractivity contribution in [3.63, 3.8) is 0 Å². The van der Waals surface area contributed by atoms with Crippen LogP contribution >= 0.6 is 0 Å². The van der Waals surface area contributed by atoms with Gasteiger partial charge in [-0.3, -0.25) is 29.4 Å². The molecule has 0 radical (unpaired) electrons. The lowest BCUT2D eigenvalue weighted by atomic mass is 9.98. The van der Waals surface area contributed by atoms with Crippen LogP contribution in [0, 0.1) is 32.8 Å². The number of imide groups is 2. The normalized spacial score (nSPS) is 20.9. The largest absolute Gasteiger partial charge is 0.374 e. The first-order chi connectivity index (χ1) is 26.5. The third-order valence-electron chi connectivity index (χ3n) is 12.2. The van der Waals surface area contributed by atoms with Crippen molar-refractivity contribution in [3.05, 3.63) is 106 Å². The standard InChI is InChI=1S/C43H42N6O6/c1-25-5-6-28(38-26(2)46-55-27(38)3)19-36(25)48(30-9-7-29(8-10-30)43(44-4)17-18-43)23-42(15-16-42)24-54-32-21-47(22-32)31-11-12-33-34(20-31)41(53)49(40(33)52)35-13-14-37(50)45-39(35)51/h5-12,19-20,32,35H,13-18,21-24H2,1-3H3,(H,45,50,51). The van der Waals surface area contributed by atoms with Crippen LogP contribution in [0.4, 0.5) is 17.1 Å². The summed E-state index contributed by atoms with van der Waals surface area (Å²) >= 11 is 0. The maximum Gasteiger partial charge on any atom is 0.262 e. The van der Waals surface area contributed by atoms with E-state index in [4.69, 9.17) is 15.8 Å². The van der Waals surface area contributed by atoms with Gasteiger partial charge in [-0.25, -0.2) is 6.57 Å². The third-order valence-corrected chi connectivity index (χ3v) is 12.2. The van der Waals surface area contributed by atoms with Crippen molar-refractivity contribution in [1.82, 2.24) is 15.4 Å². The number of ether oxygens (including phenoxy) is 1. The Bertz CT molecular complexity index is 2290. The maximum absolute atomic E-state index is 13.4. The molecule has 12 heteroatoms. The average Bonchev–Trinajstić information content (AvgIpc) is 4.08. The zero-order valence-corrected chi connectivity index (χ0v) is 31.2. The van der Waals surface area contributed by atoms with Gasteiger partial charge >= 0.3 is 0 Å². The zero-order valence-electron chi connectivity index (χ0n) is 31.2. The number of carbonyl (C=O) groups is 4. The molecular formula is C43H42N6O6. The molecule has 4 heterocycles. The SMILES string of the molecule is [C-]#[N+]C1(c2ccc(N(CC3(COC4CN(c5ccc6c(c5)C(=O)N(C5CCC(=O)NC5=O)C6=O)C4)CC3)c3cc(-c4c(C)noc4C)ccc3C)cc2)CC1. The van der Waals surface area contributed by atoms with E-state index < -0.39 is 29.7 Å². The molecule has 1 unspecified atom stereocenters. The van der Waals surface area contributed by atoms with Gasteiger partial charge in [-0.05, 0) is 99.7 Å². The molecule has 1 N–H and O–H groups in total. The first-order valence-corrected chi connectivity index (χ1v) is 19.0. The fourth-order valence-corrected chi connectivity index (χ4v) is 8.37. The van der Waals surface area contributed by atoms with Crippen LogP contribution < -0.4 is 15.1 Å². The first kappa shape index (κ1) is 34.9. The first-order valence-electron chi connectivity index (χ1n) is 19.0. The van der Waals surface area contributed by atoms with Gasteiger partial charge < -0.3 is 23.9 Å². The van der Waals surface area contributed by atoms with Gasteiger partial charge in [-0.15, -0.1) is 0 Å². The van der Waals surface area contributed by atoms with Crippen LogP contribution in [0.3, 0.4) is 0 Å². The highest BCUT2D eigenvalue weighted by molar-refractivity contribution is 6.23. The minimum absolute atomic E-state index is 0.0173. The van der Waals surface area contributed by atoms with E-state index in [-0.39, 0.29) is 41.0 Å². The summed E-state index contributed by atoms with van der Waals surface area (Å²) in [5.41, 5.74) is 8.31. The van der Waals surface area contributed by atoms with Gasteiger partial charge in [-0.2, -0.15) is 0 Å². The molecule has 280 valence electrons. The van der Waals surface area contributed by atoms with Gasteiger partial charge in [-0.1, -0.05) is 17.3 Å². The van der Waals surface area contributed by atoms with E-state index in [1.807, 2.05) is 19.9 Å². The van der Waals surface area contributed by atoms with Crippen molar-refractivity contribution in [2.45, 2.75) is 77.0 Å². The number of aryl methyl sites for hydroxylation is 3. The van der Waals surface area contributed by atoms with Crippen LogP contribution in [-0.4, -0.2) is 72.1 Å². The Balaban J connectivity index is 0.895. The summed E-state index contributed by atoms with van der Waals surface area (Å²) in [7, 11) is 0. The molecule has 55 heavy (non-hydrogen) atoms. The molecule has 2 aliphatic carbocycles. The van der Waals surface area contributed by atoms with Gasteiger partial charge in [0, 0.05) is 72.5 Å². The summed E-state index contributed by atoms with van der Waals surface area (Å²) in [6.45, 7) is 16.5. The number of carbonyl (C=O) groups excluding carboxylic acids is 4. The predicted octanol–water partition coefficient (Wildman–Crippen LogP) is 6.40. The molecule has 2 saturated carbocycles. The summed E-state index contributed by atoms with van der Waals surface area (Å²) in [5, 5.41) is 6.45. The van der Waals surface area contributed by atoms with E-state index in [0.29, 0.717) is 19.7 Å². The fourth-order valence-electron chi connectivity index (χ4n) is 8.37. The average molecular weight is 739 g/mol. The summed E-state index contributed by atoms with van der Waals surface area (Å²) in [6.07, 6.45) is 4.13. The summed E-state index contributed by atoms with van der Waals surface area (Å²) in [5.74, 6) is -1.25. The number of nitrogens with one attached hydrogen (secondary N) is 1. The molecule has 2 saturated heterocycles. The van der Waals surface area contributed by atoms with Crippen LogP contribution in [0.2, 0.25) is 0 Å². The Morgan fingerprint density at radius 1 is 0.945 bits per heavy atom. The molecule has 0 spiro atoms. The summed E-state index contributed by atoms with van der Waals surface area (Å²) < 4.78 is 12.1. The number of aromatic nitrogens is 1. The van der Waals surface area contributed by atoms with Gasteiger partial charge in [0.2, 0.25) is 11.8 Å². The monoisotopic (exact) mass is 738 g/mol. The lowest BCUT2D eigenvalue weighted by Crippen LogP contribution is -2.54. The van der Waals surface area contributed by atoms with E-state index in [9.17, 15) is 19.2 Å². The van der Waals surface area contributed by atoms with Crippen LogP contribution in [0.15, 0.2) is 65.2 Å². The van der Waals surface area contributed by atoms with Crippen LogP contribution in [-0.2, 0) is 19.9 Å². The molecule has 1 atom stereocenters. The van der Waals surface area contributed by atoms with Crippen molar-refractivity contribution in [1.29, 1.82) is 0 Å². The number of fused-ring (bicyclic) bond motifs is 1. The van der Waals surface area contributed by atoms with E-state index >= 15 is 0 Å². The van der Waals surface area contributed by atoms with Gasteiger partial charge in [0.05, 0.1) is 29.5 Å². The molecular weight excluding hydrogens is 697 g/mol. The number of hydrogen-bond donors (Lipinski definition) is 1. The lowest BCUT2D eigenvalue weighted by molar-refractivity contribution is -0.136. The Morgan fingerprint density at radius 2 is 1.69 bits per heavy atom. The number of hydrogen-bond acceptors (Lipinski definition) is 9. The molecule has 3 aliphatic heterocycles. The topological polar surface area (TPSA) is 130 Å². The molecule has 5 aliphatic rings. The van der Waals surface area contributed by atoms with Gasteiger partial charge in [0.15, 0.2) is 0 Å². The van der Waals surface area contributed by atoms with E-state index in [1.54, 1.807) is 12.1 Å². The van der Waals surface area contributed by atoms with Crippen molar-refractivity contribution in [2.75, 3.05) is 36.0 Å². The second-order valence-electron chi connectivity index (χ2n) is 16.0. The second kappa shape index (κ2) is 12.9.